The summed E-state index contributed by atoms with van der Waals surface area (Å²) in [4.78, 5) is 12.4. The number of allylic oxidation sites excluding steroid dienone is 3. The molecule has 0 aliphatic carbocycles. The molecular formula is C41H79NO4. The largest absolute Gasteiger partial charge is 0.394 e. The Kier molecular flexibility index (Phi) is 35.7. The van der Waals surface area contributed by atoms with Gasteiger partial charge in [0.1, 0.15) is 6.10 Å². The van der Waals surface area contributed by atoms with Gasteiger partial charge in [0.05, 0.1) is 18.8 Å². The molecule has 0 radical (unpaired) electrons. The minimum atomic E-state index is -1.10. The summed E-state index contributed by atoms with van der Waals surface area (Å²) in [5.41, 5.74) is 0. The van der Waals surface area contributed by atoms with E-state index >= 15 is 0 Å². The third kappa shape index (κ3) is 31.4. The second kappa shape index (κ2) is 36.7. The fourth-order valence-corrected chi connectivity index (χ4v) is 6.08. The normalized spacial score (nSPS) is 13.9. The quantitative estimate of drug-likeness (QED) is 0.0401. The monoisotopic (exact) mass is 650 g/mol. The first kappa shape index (κ1) is 44.8. The third-order valence-corrected chi connectivity index (χ3v) is 9.29. The van der Waals surface area contributed by atoms with Crippen molar-refractivity contribution in [2.24, 2.45) is 0 Å². The van der Waals surface area contributed by atoms with Gasteiger partial charge in [0.15, 0.2) is 0 Å². The predicted octanol–water partition coefficient (Wildman–Crippen LogP) is 11.0. The van der Waals surface area contributed by atoms with E-state index in [1.807, 2.05) is 6.08 Å². The smallest absolute Gasteiger partial charge is 0.249 e. The molecule has 0 aliphatic rings. The Bertz CT molecular complexity index is 679. The molecule has 0 bridgehead atoms. The summed E-state index contributed by atoms with van der Waals surface area (Å²) in [7, 11) is 0. The van der Waals surface area contributed by atoms with Crippen molar-refractivity contribution in [3.8, 4) is 0 Å². The lowest BCUT2D eigenvalue weighted by molar-refractivity contribution is -0.131. The van der Waals surface area contributed by atoms with Crippen LogP contribution < -0.4 is 5.32 Å². The fourth-order valence-electron chi connectivity index (χ4n) is 6.08. The molecule has 0 fully saturated rings. The molecule has 5 heteroatoms. The van der Waals surface area contributed by atoms with E-state index < -0.39 is 24.2 Å². The highest BCUT2D eigenvalue weighted by atomic mass is 16.3. The lowest BCUT2D eigenvalue weighted by Crippen LogP contribution is -2.48. The summed E-state index contributed by atoms with van der Waals surface area (Å²) in [5.74, 6) is -0.512. The minimum Gasteiger partial charge on any atom is -0.394 e. The van der Waals surface area contributed by atoms with Crippen molar-refractivity contribution in [1.82, 2.24) is 5.32 Å². The molecule has 272 valence electrons. The number of nitrogens with one attached hydrogen (secondary N) is 1. The van der Waals surface area contributed by atoms with Crippen molar-refractivity contribution < 1.29 is 20.1 Å². The molecule has 3 atom stereocenters. The van der Waals surface area contributed by atoms with Crippen LogP contribution in [0.15, 0.2) is 24.3 Å². The van der Waals surface area contributed by atoms with Gasteiger partial charge in [-0.3, -0.25) is 4.79 Å². The zero-order chi connectivity index (χ0) is 33.8. The molecule has 0 unspecified atom stereocenters. The summed E-state index contributed by atoms with van der Waals surface area (Å²) in [5, 5.41) is 33.0. The van der Waals surface area contributed by atoms with E-state index in [1.54, 1.807) is 6.08 Å². The van der Waals surface area contributed by atoms with Crippen molar-refractivity contribution in [2.45, 2.75) is 225 Å². The highest BCUT2D eigenvalue weighted by molar-refractivity contribution is 5.80. The van der Waals surface area contributed by atoms with Gasteiger partial charge in [-0.05, 0) is 32.1 Å². The van der Waals surface area contributed by atoms with E-state index in [-0.39, 0.29) is 6.61 Å². The topological polar surface area (TPSA) is 89.8 Å². The Morgan fingerprint density at radius 3 is 1.33 bits per heavy atom. The Morgan fingerprint density at radius 2 is 0.891 bits per heavy atom. The maximum atomic E-state index is 12.4. The summed E-state index contributed by atoms with van der Waals surface area (Å²) >= 11 is 0. The number of aliphatic hydroxyl groups is 3. The first-order valence-corrected chi connectivity index (χ1v) is 20.2. The number of hydrogen-bond acceptors (Lipinski definition) is 4. The molecule has 0 aliphatic heterocycles. The van der Waals surface area contributed by atoms with E-state index in [2.05, 4.69) is 31.3 Å². The lowest BCUT2D eigenvalue weighted by atomic mass is 10.0. The SMILES string of the molecule is CCCCCCCCC/C=C/CC/C=C/[C@@H](O)[C@H](CO)NC(=O)[C@@H](O)CCCCCCCCCCCCCCCCCCCCC. The number of unbranched alkanes of at least 4 members (excludes halogenated alkanes) is 26. The maximum absolute atomic E-state index is 12.4. The molecule has 0 saturated carbocycles. The van der Waals surface area contributed by atoms with Crippen LogP contribution in [0.4, 0.5) is 0 Å². The highest BCUT2D eigenvalue weighted by Crippen LogP contribution is 2.15. The van der Waals surface area contributed by atoms with E-state index in [9.17, 15) is 20.1 Å². The van der Waals surface area contributed by atoms with E-state index in [0.717, 1.165) is 38.5 Å². The van der Waals surface area contributed by atoms with Crippen molar-refractivity contribution >= 4 is 5.91 Å². The lowest BCUT2D eigenvalue weighted by Gasteiger charge is -2.21. The molecule has 1 amide bonds. The van der Waals surface area contributed by atoms with Gasteiger partial charge in [-0.15, -0.1) is 0 Å². The Hall–Kier alpha value is -1.17. The summed E-state index contributed by atoms with van der Waals surface area (Å²) in [6, 6.07) is -0.809. The maximum Gasteiger partial charge on any atom is 0.249 e. The van der Waals surface area contributed by atoms with Gasteiger partial charge >= 0.3 is 0 Å². The van der Waals surface area contributed by atoms with Crippen LogP contribution in [0.5, 0.6) is 0 Å². The Balaban J connectivity index is 3.70. The zero-order valence-electron chi connectivity index (χ0n) is 30.7. The highest BCUT2D eigenvalue weighted by Gasteiger charge is 2.22. The van der Waals surface area contributed by atoms with E-state index in [1.165, 1.54) is 148 Å². The summed E-state index contributed by atoms with van der Waals surface area (Å²) < 4.78 is 0. The molecule has 0 aromatic heterocycles. The van der Waals surface area contributed by atoms with Crippen LogP contribution >= 0.6 is 0 Å². The standard InChI is InChI=1S/C41H79NO4/c1-3-5-7-9-11-13-15-17-18-19-20-21-22-24-26-28-30-32-34-36-40(45)41(46)42-38(37-43)39(44)35-33-31-29-27-25-23-16-14-12-10-8-6-4-2/h25,27,33,35,38-40,43-45H,3-24,26,28-32,34,36-37H2,1-2H3,(H,42,46)/b27-25+,35-33+/t38-,39+,40-/m0/s1. The second-order valence-corrected chi connectivity index (χ2v) is 13.8. The van der Waals surface area contributed by atoms with Crippen LogP contribution in [-0.2, 0) is 4.79 Å². The number of aliphatic hydroxyl groups excluding tert-OH is 3. The van der Waals surface area contributed by atoms with Gasteiger partial charge in [-0.25, -0.2) is 0 Å². The van der Waals surface area contributed by atoms with E-state index in [4.69, 9.17) is 0 Å². The number of carbonyl (C=O) groups is 1. The average Bonchev–Trinajstić information content (AvgIpc) is 3.06. The van der Waals surface area contributed by atoms with Gasteiger partial charge in [-0.1, -0.05) is 199 Å². The number of carbonyl (C=O) groups excluding carboxylic acids is 1. The molecule has 0 aromatic carbocycles. The van der Waals surface area contributed by atoms with E-state index in [0.29, 0.717) is 6.42 Å². The third-order valence-electron chi connectivity index (χ3n) is 9.29. The van der Waals surface area contributed by atoms with Crippen LogP contribution in [0, 0.1) is 0 Å². The molecule has 0 aromatic rings. The van der Waals surface area contributed by atoms with Crippen LogP contribution in [-0.4, -0.2) is 46.1 Å². The Labute approximate surface area is 286 Å². The summed E-state index contributed by atoms with van der Waals surface area (Å²) in [6.45, 7) is 4.16. The van der Waals surface area contributed by atoms with Gasteiger partial charge in [0.2, 0.25) is 5.91 Å². The number of amides is 1. The Morgan fingerprint density at radius 1 is 0.522 bits per heavy atom. The van der Waals surface area contributed by atoms with Gasteiger partial charge in [0, 0.05) is 0 Å². The summed E-state index contributed by atoms with van der Waals surface area (Å²) in [6.07, 6.45) is 43.4. The molecule has 46 heavy (non-hydrogen) atoms. The van der Waals surface area contributed by atoms with Gasteiger partial charge < -0.3 is 20.6 Å². The molecule has 4 N–H and O–H groups in total. The van der Waals surface area contributed by atoms with Crippen LogP contribution in [0.1, 0.15) is 206 Å². The minimum absolute atomic E-state index is 0.373. The number of hydrogen-bond donors (Lipinski definition) is 4. The molecule has 0 rings (SSSR count). The van der Waals surface area contributed by atoms with Crippen LogP contribution in [0.2, 0.25) is 0 Å². The fraction of sp³-hybridized carbons (Fsp3) is 0.878. The number of rotatable bonds is 36. The van der Waals surface area contributed by atoms with Crippen molar-refractivity contribution in [3.05, 3.63) is 24.3 Å². The molecule has 0 spiro atoms. The van der Waals surface area contributed by atoms with Gasteiger partial charge in [-0.2, -0.15) is 0 Å². The van der Waals surface area contributed by atoms with Gasteiger partial charge in [0.25, 0.3) is 0 Å². The average molecular weight is 650 g/mol. The van der Waals surface area contributed by atoms with Crippen molar-refractivity contribution in [1.29, 1.82) is 0 Å². The first-order chi connectivity index (χ1) is 22.6. The molecule has 0 saturated heterocycles. The van der Waals surface area contributed by atoms with Crippen LogP contribution in [0.25, 0.3) is 0 Å². The first-order valence-electron chi connectivity index (χ1n) is 20.2. The van der Waals surface area contributed by atoms with Crippen molar-refractivity contribution in [3.63, 3.8) is 0 Å². The second-order valence-electron chi connectivity index (χ2n) is 13.8. The molecule has 0 heterocycles. The predicted molar refractivity (Wildman–Crippen MR) is 199 cm³/mol. The zero-order valence-corrected chi connectivity index (χ0v) is 30.7. The molecular weight excluding hydrogens is 570 g/mol. The van der Waals surface area contributed by atoms with Crippen molar-refractivity contribution in [2.75, 3.05) is 6.61 Å². The molecule has 5 nitrogen and oxygen atoms in total. The van der Waals surface area contributed by atoms with Crippen LogP contribution in [0.3, 0.4) is 0 Å².